The van der Waals surface area contributed by atoms with Gasteiger partial charge in [-0.3, -0.25) is 9.59 Å². The highest BCUT2D eigenvalue weighted by Crippen LogP contribution is 2.21. The minimum atomic E-state index is -0.201. The second-order valence-electron chi connectivity index (χ2n) is 5.28. The van der Waals surface area contributed by atoms with Crippen LogP contribution >= 0.6 is 11.3 Å². The number of nitrogens with one attached hydrogen (secondary N) is 2. The highest BCUT2D eigenvalue weighted by molar-refractivity contribution is 7.20. The summed E-state index contributed by atoms with van der Waals surface area (Å²) >= 11 is 1.19. The van der Waals surface area contributed by atoms with E-state index in [1.54, 1.807) is 18.3 Å². The lowest BCUT2D eigenvalue weighted by molar-refractivity contribution is 0.0816. The number of carbonyl (C=O) groups excluding carboxylic acids is 1. The van der Waals surface area contributed by atoms with Gasteiger partial charge in [-0.2, -0.15) is 0 Å². The zero-order chi connectivity index (χ0) is 15.8. The van der Waals surface area contributed by atoms with Crippen molar-refractivity contribution in [2.75, 3.05) is 6.61 Å². The molecule has 0 fully saturated rings. The molecule has 118 valence electrons. The number of H-pyrrole nitrogens is 1. The molecule has 0 unspecified atom stereocenters. The summed E-state index contributed by atoms with van der Waals surface area (Å²) < 4.78 is 7.96. The van der Waals surface area contributed by atoms with Gasteiger partial charge in [-0.1, -0.05) is 0 Å². The third kappa shape index (κ3) is 2.66. The standard InChI is InChI=1S/C15H14N4O3S/c20-14(11-5-9-1-2-16-15(21)13(9)23-11)17-6-10-7-19-3-4-22-8-12(19)18-10/h1-2,5,7H,3-4,6,8H2,(H,16,21)(H,17,20). The number of ether oxygens (including phenoxy) is 1. The molecule has 0 spiro atoms. The fourth-order valence-corrected chi connectivity index (χ4v) is 3.55. The number of imidazole rings is 1. The number of hydrogen-bond acceptors (Lipinski definition) is 5. The zero-order valence-corrected chi connectivity index (χ0v) is 13.0. The number of fused-ring (bicyclic) bond motifs is 2. The maximum absolute atomic E-state index is 12.3. The summed E-state index contributed by atoms with van der Waals surface area (Å²) in [6.07, 6.45) is 3.52. The summed E-state index contributed by atoms with van der Waals surface area (Å²) in [5.74, 6) is 0.682. The summed E-state index contributed by atoms with van der Waals surface area (Å²) in [6, 6.07) is 3.52. The van der Waals surface area contributed by atoms with E-state index in [1.165, 1.54) is 11.3 Å². The molecule has 1 aliphatic rings. The van der Waals surface area contributed by atoms with Gasteiger partial charge in [0.15, 0.2) is 0 Å². The fraction of sp³-hybridized carbons (Fsp3) is 0.267. The number of carbonyl (C=O) groups is 1. The molecule has 3 aromatic rings. The number of rotatable bonds is 3. The van der Waals surface area contributed by atoms with Crippen LogP contribution < -0.4 is 10.9 Å². The molecule has 0 atom stereocenters. The highest BCUT2D eigenvalue weighted by Gasteiger charge is 2.15. The van der Waals surface area contributed by atoms with Gasteiger partial charge in [0.25, 0.3) is 11.5 Å². The van der Waals surface area contributed by atoms with Gasteiger partial charge in [0.1, 0.15) is 17.1 Å². The summed E-state index contributed by atoms with van der Waals surface area (Å²) in [4.78, 5) is 31.5. The Morgan fingerprint density at radius 3 is 3.26 bits per heavy atom. The maximum atomic E-state index is 12.3. The Bertz CT molecular complexity index is 916. The van der Waals surface area contributed by atoms with Gasteiger partial charge in [-0.05, 0) is 12.1 Å². The number of amides is 1. The van der Waals surface area contributed by atoms with Crippen LogP contribution in [0.15, 0.2) is 29.3 Å². The Hall–Kier alpha value is -2.45. The van der Waals surface area contributed by atoms with Crippen molar-refractivity contribution in [2.45, 2.75) is 19.7 Å². The minimum absolute atomic E-state index is 0.173. The van der Waals surface area contributed by atoms with Crippen LogP contribution in [0.25, 0.3) is 10.1 Å². The van der Waals surface area contributed by atoms with Gasteiger partial charge in [0.2, 0.25) is 0 Å². The lowest BCUT2D eigenvalue weighted by atomic mass is 10.3. The normalized spacial score (nSPS) is 13.9. The van der Waals surface area contributed by atoms with E-state index in [0.29, 0.717) is 29.3 Å². The molecule has 0 aromatic carbocycles. The number of pyridine rings is 1. The molecule has 0 saturated heterocycles. The van der Waals surface area contributed by atoms with Crippen molar-refractivity contribution in [1.29, 1.82) is 0 Å². The van der Waals surface area contributed by atoms with Gasteiger partial charge in [0, 0.05) is 24.3 Å². The van der Waals surface area contributed by atoms with E-state index in [1.807, 2.05) is 10.8 Å². The minimum Gasteiger partial charge on any atom is -0.372 e. The van der Waals surface area contributed by atoms with Gasteiger partial charge in [-0.15, -0.1) is 11.3 Å². The summed E-state index contributed by atoms with van der Waals surface area (Å²) in [7, 11) is 0. The Morgan fingerprint density at radius 2 is 2.43 bits per heavy atom. The molecule has 0 bridgehead atoms. The monoisotopic (exact) mass is 330 g/mol. The van der Waals surface area contributed by atoms with Crippen LogP contribution in [0.4, 0.5) is 0 Å². The van der Waals surface area contributed by atoms with Crippen LogP contribution in [0.1, 0.15) is 21.2 Å². The van der Waals surface area contributed by atoms with Crippen LogP contribution in [0.3, 0.4) is 0 Å². The molecule has 3 aromatic heterocycles. The number of hydrogen-bond donors (Lipinski definition) is 2. The van der Waals surface area contributed by atoms with Gasteiger partial charge >= 0.3 is 0 Å². The predicted molar refractivity (Wildman–Crippen MR) is 85.5 cm³/mol. The molecule has 0 aliphatic carbocycles. The summed E-state index contributed by atoms with van der Waals surface area (Å²) in [5.41, 5.74) is 0.631. The topological polar surface area (TPSA) is 89.0 Å². The molecule has 1 amide bonds. The molecule has 2 N–H and O–H groups in total. The van der Waals surface area contributed by atoms with Crippen molar-refractivity contribution in [3.05, 3.63) is 51.3 Å². The summed E-state index contributed by atoms with van der Waals surface area (Å²) in [5, 5.41) is 3.62. The van der Waals surface area contributed by atoms with Crippen molar-refractivity contribution in [2.24, 2.45) is 0 Å². The fourth-order valence-electron chi connectivity index (χ4n) is 2.58. The van der Waals surface area contributed by atoms with E-state index in [2.05, 4.69) is 15.3 Å². The van der Waals surface area contributed by atoms with Gasteiger partial charge in [0.05, 0.1) is 23.7 Å². The molecule has 7 nitrogen and oxygen atoms in total. The molecular weight excluding hydrogens is 316 g/mol. The maximum Gasteiger partial charge on any atom is 0.265 e. The average Bonchev–Trinajstić information content (AvgIpc) is 3.17. The van der Waals surface area contributed by atoms with Gasteiger partial charge < -0.3 is 19.6 Å². The first kappa shape index (κ1) is 14.2. The Labute approximate surface area is 134 Å². The number of aromatic nitrogens is 3. The smallest absolute Gasteiger partial charge is 0.265 e. The van der Waals surface area contributed by atoms with E-state index in [0.717, 1.165) is 23.4 Å². The first-order valence-electron chi connectivity index (χ1n) is 7.23. The third-order valence-electron chi connectivity index (χ3n) is 3.71. The lowest BCUT2D eigenvalue weighted by Crippen LogP contribution is -2.21. The first-order valence-corrected chi connectivity index (χ1v) is 8.04. The molecule has 1 aliphatic heterocycles. The number of aromatic amines is 1. The van der Waals surface area contributed by atoms with Crippen molar-refractivity contribution in [3.8, 4) is 0 Å². The molecule has 8 heteroatoms. The SMILES string of the molecule is O=C(NCc1cn2c(n1)COCC2)c1cc2cc[nH]c(=O)c2s1. The van der Waals surface area contributed by atoms with Crippen molar-refractivity contribution in [3.63, 3.8) is 0 Å². The van der Waals surface area contributed by atoms with Crippen molar-refractivity contribution >= 4 is 27.3 Å². The van der Waals surface area contributed by atoms with Crippen LogP contribution in [-0.2, 0) is 24.4 Å². The predicted octanol–water partition coefficient (Wildman–Crippen LogP) is 1.25. The van der Waals surface area contributed by atoms with Crippen molar-refractivity contribution < 1.29 is 9.53 Å². The second-order valence-corrected chi connectivity index (χ2v) is 6.33. The van der Waals surface area contributed by atoms with Crippen molar-refractivity contribution in [1.82, 2.24) is 19.9 Å². The lowest BCUT2D eigenvalue weighted by Gasteiger charge is -2.13. The summed E-state index contributed by atoms with van der Waals surface area (Å²) in [6.45, 7) is 2.33. The largest absolute Gasteiger partial charge is 0.372 e. The molecule has 0 radical (unpaired) electrons. The second kappa shape index (κ2) is 5.64. The highest BCUT2D eigenvalue weighted by atomic mass is 32.1. The van der Waals surface area contributed by atoms with E-state index in [9.17, 15) is 9.59 Å². The quantitative estimate of drug-likeness (QED) is 0.756. The van der Waals surface area contributed by atoms with E-state index in [4.69, 9.17) is 4.74 Å². The first-order chi connectivity index (χ1) is 11.2. The van der Waals surface area contributed by atoms with E-state index < -0.39 is 0 Å². The Kier molecular flexibility index (Phi) is 3.47. The Balaban J connectivity index is 1.49. The van der Waals surface area contributed by atoms with E-state index >= 15 is 0 Å². The average molecular weight is 330 g/mol. The number of nitrogens with zero attached hydrogens (tertiary/aromatic N) is 2. The van der Waals surface area contributed by atoms with Crippen LogP contribution in [0.2, 0.25) is 0 Å². The third-order valence-corrected chi connectivity index (χ3v) is 4.86. The van der Waals surface area contributed by atoms with Crippen LogP contribution in [0, 0.1) is 0 Å². The van der Waals surface area contributed by atoms with Crippen LogP contribution in [-0.4, -0.2) is 27.0 Å². The molecule has 23 heavy (non-hydrogen) atoms. The molecular formula is C15H14N4O3S. The molecule has 4 heterocycles. The molecule has 0 saturated carbocycles. The van der Waals surface area contributed by atoms with Gasteiger partial charge in [-0.25, -0.2) is 4.98 Å². The molecule has 4 rings (SSSR count). The zero-order valence-electron chi connectivity index (χ0n) is 12.2. The number of thiophene rings is 1. The van der Waals surface area contributed by atoms with Crippen LogP contribution in [0.5, 0.6) is 0 Å². The van der Waals surface area contributed by atoms with E-state index in [-0.39, 0.29) is 11.5 Å². The Morgan fingerprint density at radius 1 is 1.52 bits per heavy atom.